The van der Waals surface area contributed by atoms with E-state index >= 15 is 0 Å². The number of piperazine rings is 1. The Hall–Kier alpha value is -0.970. The van der Waals surface area contributed by atoms with E-state index < -0.39 is 0 Å². The fourth-order valence-corrected chi connectivity index (χ4v) is 2.61. The molecule has 16 heavy (non-hydrogen) atoms. The molecule has 2 aliphatic heterocycles. The largest absolute Gasteiger partial charge is 0.378 e. The molecule has 3 heterocycles. The molecule has 3 rings (SSSR count). The molecule has 4 heteroatoms. The van der Waals surface area contributed by atoms with Crippen LogP contribution in [0.2, 0.25) is 0 Å². The normalized spacial score (nSPS) is 31.0. The molecule has 0 spiro atoms. The Kier molecular flexibility index (Phi) is 2.86. The number of nitrogens with zero attached hydrogens (tertiary/aromatic N) is 2. The molecule has 0 saturated carbocycles. The summed E-state index contributed by atoms with van der Waals surface area (Å²) < 4.78 is 5.52. The van der Waals surface area contributed by atoms with Crippen LogP contribution < -0.4 is 5.32 Å². The highest BCUT2D eigenvalue weighted by Crippen LogP contribution is 2.25. The third-order valence-electron chi connectivity index (χ3n) is 3.42. The van der Waals surface area contributed by atoms with E-state index in [4.69, 9.17) is 4.74 Å². The summed E-state index contributed by atoms with van der Waals surface area (Å²) in [5.74, 6) is 0. The van der Waals surface area contributed by atoms with E-state index in [1.165, 1.54) is 5.69 Å². The lowest BCUT2D eigenvalue weighted by atomic mass is 10.0. The van der Waals surface area contributed by atoms with Gasteiger partial charge in [0, 0.05) is 31.9 Å². The molecule has 4 nitrogen and oxygen atoms in total. The number of hydrogen-bond acceptors (Lipinski definition) is 4. The first-order valence-corrected chi connectivity index (χ1v) is 5.90. The van der Waals surface area contributed by atoms with Crippen LogP contribution in [-0.2, 0) is 4.74 Å². The smallest absolute Gasteiger partial charge is 0.0651 e. The van der Waals surface area contributed by atoms with Crippen molar-refractivity contribution in [3.63, 3.8) is 0 Å². The van der Waals surface area contributed by atoms with E-state index in [-0.39, 0.29) is 0 Å². The molecule has 0 radical (unpaired) electrons. The van der Waals surface area contributed by atoms with Gasteiger partial charge in [-0.25, -0.2) is 0 Å². The molecule has 0 bridgehead atoms. The summed E-state index contributed by atoms with van der Waals surface area (Å²) in [5, 5.41) is 3.47. The molecular weight excluding hydrogens is 202 g/mol. The maximum absolute atomic E-state index is 5.52. The molecule has 2 saturated heterocycles. The Morgan fingerprint density at radius 3 is 3.25 bits per heavy atom. The second-order valence-corrected chi connectivity index (χ2v) is 4.40. The van der Waals surface area contributed by atoms with E-state index in [0.29, 0.717) is 12.1 Å². The van der Waals surface area contributed by atoms with Crippen molar-refractivity contribution in [3.8, 4) is 0 Å². The fourth-order valence-electron chi connectivity index (χ4n) is 2.61. The van der Waals surface area contributed by atoms with Crippen molar-refractivity contribution in [1.29, 1.82) is 0 Å². The van der Waals surface area contributed by atoms with Crippen molar-refractivity contribution >= 4 is 0 Å². The number of nitrogens with one attached hydrogen (secondary N) is 1. The maximum Gasteiger partial charge on any atom is 0.0651 e. The number of pyridine rings is 1. The minimum Gasteiger partial charge on any atom is -0.378 e. The molecule has 1 N–H and O–H groups in total. The predicted octanol–water partition coefficient (Wildman–Crippen LogP) is 0.427. The Bertz CT molecular complexity index is 341. The third kappa shape index (κ3) is 1.84. The zero-order valence-corrected chi connectivity index (χ0v) is 9.30. The SMILES string of the molecule is c1ccc(C2CNCC3COCCN32)nc1. The summed E-state index contributed by atoms with van der Waals surface area (Å²) in [5.41, 5.74) is 1.17. The Labute approximate surface area is 95.6 Å². The quantitative estimate of drug-likeness (QED) is 0.743. The maximum atomic E-state index is 5.52. The van der Waals surface area contributed by atoms with Crippen LogP contribution in [0.3, 0.4) is 0 Å². The number of ether oxygens (including phenoxy) is 1. The van der Waals surface area contributed by atoms with Gasteiger partial charge in [-0.1, -0.05) is 6.07 Å². The average Bonchev–Trinajstić information content (AvgIpc) is 2.39. The second-order valence-electron chi connectivity index (χ2n) is 4.40. The van der Waals surface area contributed by atoms with Crippen molar-refractivity contribution in [1.82, 2.24) is 15.2 Å². The van der Waals surface area contributed by atoms with Crippen LogP contribution in [0.4, 0.5) is 0 Å². The van der Waals surface area contributed by atoms with E-state index in [1.54, 1.807) is 0 Å². The van der Waals surface area contributed by atoms with Gasteiger partial charge >= 0.3 is 0 Å². The molecule has 86 valence electrons. The molecule has 0 aliphatic carbocycles. The van der Waals surface area contributed by atoms with Crippen molar-refractivity contribution < 1.29 is 4.74 Å². The highest BCUT2D eigenvalue weighted by Gasteiger charge is 2.33. The van der Waals surface area contributed by atoms with Crippen LogP contribution >= 0.6 is 0 Å². The van der Waals surface area contributed by atoms with Crippen molar-refractivity contribution in [2.45, 2.75) is 12.1 Å². The predicted molar refractivity (Wildman–Crippen MR) is 61.2 cm³/mol. The highest BCUT2D eigenvalue weighted by atomic mass is 16.5. The van der Waals surface area contributed by atoms with E-state index in [0.717, 1.165) is 32.8 Å². The van der Waals surface area contributed by atoms with Gasteiger partial charge in [-0.05, 0) is 12.1 Å². The minimum absolute atomic E-state index is 0.406. The molecule has 1 aromatic rings. The number of morpholine rings is 1. The fraction of sp³-hybridized carbons (Fsp3) is 0.583. The molecule has 0 amide bonds. The Balaban J connectivity index is 1.83. The average molecular weight is 219 g/mol. The summed E-state index contributed by atoms with van der Waals surface area (Å²) in [6, 6.07) is 7.06. The van der Waals surface area contributed by atoms with Gasteiger partial charge < -0.3 is 10.1 Å². The monoisotopic (exact) mass is 219 g/mol. The summed E-state index contributed by atoms with van der Waals surface area (Å²) in [7, 11) is 0. The van der Waals surface area contributed by atoms with E-state index in [2.05, 4.69) is 27.3 Å². The Morgan fingerprint density at radius 1 is 1.38 bits per heavy atom. The van der Waals surface area contributed by atoms with Gasteiger partial charge in [-0.15, -0.1) is 0 Å². The second kappa shape index (κ2) is 4.49. The highest BCUT2D eigenvalue weighted by molar-refractivity contribution is 5.11. The molecule has 2 fully saturated rings. The summed E-state index contributed by atoms with van der Waals surface area (Å²) in [6.45, 7) is 4.74. The Morgan fingerprint density at radius 2 is 2.38 bits per heavy atom. The molecule has 1 aromatic heterocycles. The van der Waals surface area contributed by atoms with Gasteiger partial charge in [0.15, 0.2) is 0 Å². The molecule has 2 unspecified atom stereocenters. The van der Waals surface area contributed by atoms with E-state index in [9.17, 15) is 0 Å². The topological polar surface area (TPSA) is 37.4 Å². The van der Waals surface area contributed by atoms with Crippen LogP contribution in [0.1, 0.15) is 11.7 Å². The zero-order chi connectivity index (χ0) is 10.8. The van der Waals surface area contributed by atoms with Crippen LogP contribution in [0.5, 0.6) is 0 Å². The lowest BCUT2D eigenvalue weighted by Gasteiger charge is -2.44. The number of hydrogen-bond donors (Lipinski definition) is 1. The molecule has 0 aromatic carbocycles. The molecule has 2 aliphatic rings. The van der Waals surface area contributed by atoms with Gasteiger partial charge in [-0.3, -0.25) is 9.88 Å². The zero-order valence-electron chi connectivity index (χ0n) is 9.30. The first-order valence-electron chi connectivity index (χ1n) is 5.90. The third-order valence-corrected chi connectivity index (χ3v) is 3.42. The minimum atomic E-state index is 0.406. The van der Waals surface area contributed by atoms with Crippen molar-refractivity contribution in [3.05, 3.63) is 30.1 Å². The lowest BCUT2D eigenvalue weighted by Crippen LogP contribution is -2.58. The van der Waals surface area contributed by atoms with Crippen LogP contribution in [-0.4, -0.2) is 48.8 Å². The van der Waals surface area contributed by atoms with Gasteiger partial charge in [0.1, 0.15) is 0 Å². The number of fused-ring (bicyclic) bond motifs is 1. The van der Waals surface area contributed by atoms with Crippen molar-refractivity contribution in [2.24, 2.45) is 0 Å². The number of rotatable bonds is 1. The lowest BCUT2D eigenvalue weighted by molar-refractivity contribution is -0.0436. The summed E-state index contributed by atoms with van der Waals surface area (Å²) >= 11 is 0. The first-order chi connectivity index (χ1) is 7.95. The number of aromatic nitrogens is 1. The van der Waals surface area contributed by atoms with E-state index in [1.807, 2.05) is 12.3 Å². The summed E-state index contributed by atoms with van der Waals surface area (Å²) in [6.07, 6.45) is 1.87. The van der Waals surface area contributed by atoms with Crippen LogP contribution in [0, 0.1) is 0 Å². The van der Waals surface area contributed by atoms with Gasteiger partial charge in [0.2, 0.25) is 0 Å². The van der Waals surface area contributed by atoms with Crippen molar-refractivity contribution in [2.75, 3.05) is 32.8 Å². The first kappa shape index (κ1) is 10.2. The molecular formula is C12H17N3O. The summed E-state index contributed by atoms with van der Waals surface area (Å²) in [4.78, 5) is 7.00. The van der Waals surface area contributed by atoms with Crippen LogP contribution in [0.15, 0.2) is 24.4 Å². The van der Waals surface area contributed by atoms with Gasteiger partial charge in [-0.2, -0.15) is 0 Å². The van der Waals surface area contributed by atoms with Gasteiger partial charge in [0.05, 0.1) is 24.9 Å². The van der Waals surface area contributed by atoms with Crippen LogP contribution in [0.25, 0.3) is 0 Å². The van der Waals surface area contributed by atoms with Gasteiger partial charge in [0.25, 0.3) is 0 Å². The standard InChI is InChI=1S/C12H17N3O/c1-2-4-14-11(3-1)12-8-13-7-10-9-16-6-5-15(10)12/h1-4,10,12-13H,5-9H2. The molecule has 2 atom stereocenters.